The third-order valence-corrected chi connectivity index (χ3v) is 10.8. The van der Waals surface area contributed by atoms with Gasteiger partial charge in [0.2, 0.25) is 0 Å². The standard InChI is InChI=1S/C47H93NO7/c1-5-6-7-8-9-10-11-12-13-14-15-16-17-18-19-20-21-22-23-24-25-26-27-28-29-30-31-32-33-34-35-36-37-38-39-45(50)54-42-44(49)43-55-47(46(51)52)53-41-40-48(2,3)4/h44,47,49H,5-43H2,1-4H3. The Hall–Kier alpha value is -1.22. The lowest BCUT2D eigenvalue weighted by Gasteiger charge is -2.26. The number of carboxylic acids is 1. The fraction of sp³-hybridized carbons (Fsp3) is 0.957. The number of nitrogens with zero attached hydrogens (tertiary/aromatic N) is 1. The molecule has 8 heteroatoms. The lowest BCUT2D eigenvalue weighted by Crippen LogP contribution is -2.44. The minimum Gasteiger partial charge on any atom is -0.545 e. The molecule has 1 N–H and O–H groups in total. The molecule has 0 aliphatic rings. The van der Waals surface area contributed by atoms with E-state index >= 15 is 0 Å². The molecule has 55 heavy (non-hydrogen) atoms. The molecule has 2 atom stereocenters. The van der Waals surface area contributed by atoms with Gasteiger partial charge in [0.25, 0.3) is 0 Å². The molecule has 0 saturated carbocycles. The molecule has 0 rings (SSSR count). The molecular formula is C47H93NO7. The second-order valence-corrected chi connectivity index (χ2v) is 17.6. The predicted molar refractivity (Wildman–Crippen MR) is 228 cm³/mol. The molecule has 0 radical (unpaired) electrons. The molecule has 0 heterocycles. The van der Waals surface area contributed by atoms with E-state index < -0.39 is 18.4 Å². The van der Waals surface area contributed by atoms with Crippen LogP contribution < -0.4 is 5.11 Å². The maximum Gasteiger partial charge on any atom is 0.305 e. The van der Waals surface area contributed by atoms with E-state index in [0.29, 0.717) is 17.4 Å². The Labute approximate surface area is 341 Å². The van der Waals surface area contributed by atoms with Gasteiger partial charge in [0.1, 0.15) is 19.3 Å². The van der Waals surface area contributed by atoms with Crippen LogP contribution in [0.1, 0.15) is 232 Å². The van der Waals surface area contributed by atoms with Crippen molar-refractivity contribution in [2.45, 2.75) is 244 Å². The van der Waals surface area contributed by atoms with Crippen molar-refractivity contribution < 1.29 is 38.5 Å². The number of quaternary nitrogens is 1. The van der Waals surface area contributed by atoms with Crippen LogP contribution in [0.25, 0.3) is 0 Å². The van der Waals surface area contributed by atoms with Crippen molar-refractivity contribution in [3.8, 4) is 0 Å². The van der Waals surface area contributed by atoms with E-state index in [1.165, 1.54) is 199 Å². The van der Waals surface area contributed by atoms with Gasteiger partial charge in [-0.25, -0.2) is 0 Å². The van der Waals surface area contributed by atoms with Crippen molar-refractivity contribution in [2.75, 3.05) is 47.5 Å². The van der Waals surface area contributed by atoms with E-state index in [2.05, 4.69) is 6.92 Å². The van der Waals surface area contributed by atoms with Crippen molar-refractivity contribution in [2.24, 2.45) is 0 Å². The van der Waals surface area contributed by atoms with Gasteiger partial charge in [0.15, 0.2) is 6.29 Å². The molecule has 2 unspecified atom stereocenters. The summed E-state index contributed by atoms with van der Waals surface area (Å²) in [5.41, 5.74) is 0. The van der Waals surface area contributed by atoms with Gasteiger partial charge in [0, 0.05) is 6.42 Å². The number of carbonyl (C=O) groups excluding carboxylic acids is 2. The van der Waals surface area contributed by atoms with E-state index in [9.17, 15) is 19.8 Å². The summed E-state index contributed by atoms with van der Waals surface area (Å²) in [6, 6.07) is 0. The summed E-state index contributed by atoms with van der Waals surface area (Å²) in [6.07, 6.45) is 44.5. The molecule has 0 bridgehead atoms. The molecule has 0 aliphatic heterocycles. The van der Waals surface area contributed by atoms with Crippen LogP contribution in [0.2, 0.25) is 0 Å². The number of aliphatic hydroxyl groups excluding tert-OH is 1. The Morgan fingerprint density at radius 2 is 0.800 bits per heavy atom. The Kier molecular flexibility index (Phi) is 40.0. The first-order valence-electron chi connectivity index (χ1n) is 23.7. The van der Waals surface area contributed by atoms with Crippen LogP contribution in [0.5, 0.6) is 0 Å². The van der Waals surface area contributed by atoms with Crippen LogP contribution in [-0.2, 0) is 23.8 Å². The van der Waals surface area contributed by atoms with Gasteiger partial charge in [-0.15, -0.1) is 0 Å². The van der Waals surface area contributed by atoms with Crippen LogP contribution in [0.3, 0.4) is 0 Å². The van der Waals surface area contributed by atoms with Crippen LogP contribution >= 0.6 is 0 Å². The second-order valence-electron chi connectivity index (χ2n) is 17.6. The molecule has 0 spiro atoms. The van der Waals surface area contributed by atoms with E-state index in [-0.39, 0.29) is 25.8 Å². The summed E-state index contributed by atoms with van der Waals surface area (Å²) in [5, 5.41) is 21.2. The van der Waals surface area contributed by atoms with Gasteiger partial charge in [-0.1, -0.05) is 219 Å². The normalized spacial score (nSPS) is 13.0. The number of carboxylic acid groups (broad SMARTS) is 1. The number of esters is 1. The summed E-state index contributed by atoms with van der Waals surface area (Å²) in [4.78, 5) is 23.2. The Morgan fingerprint density at radius 3 is 1.09 bits per heavy atom. The average Bonchev–Trinajstić information content (AvgIpc) is 3.14. The number of unbranched alkanes of at least 4 members (excludes halogenated alkanes) is 33. The van der Waals surface area contributed by atoms with E-state index in [1.807, 2.05) is 21.1 Å². The third kappa shape index (κ3) is 43.7. The highest BCUT2D eigenvalue weighted by Crippen LogP contribution is 2.17. The monoisotopic (exact) mass is 784 g/mol. The van der Waals surface area contributed by atoms with E-state index in [1.54, 1.807) is 0 Å². The summed E-state index contributed by atoms with van der Waals surface area (Å²) in [7, 11) is 5.88. The second kappa shape index (κ2) is 41.0. The van der Waals surface area contributed by atoms with Crippen LogP contribution in [0.4, 0.5) is 0 Å². The fourth-order valence-electron chi connectivity index (χ4n) is 7.13. The summed E-state index contributed by atoms with van der Waals surface area (Å²) in [5.74, 6) is -1.86. The lowest BCUT2D eigenvalue weighted by molar-refractivity contribution is -0.870. The zero-order valence-corrected chi connectivity index (χ0v) is 37.1. The summed E-state index contributed by atoms with van der Waals surface area (Å²) in [6.45, 7) is 2.50. The van der Waals surface area contributed by atoms with Gasteiger partial charge in [-0.05, 0) is 6.42 Å². The molecule has 0 saturated heterocycles. The fourth-order valence-corrected chi connectivity index (χ4v) is 7.13. The molecule has 0 aliphatic carbocycles. The lowest BCUT2D eigenvalue weighted by atomic mass is 10.0. The Balaban J connectivity index is 3.32. The number of rotatable bonds is 45. The molecule has 0 aromatic heterocycles. The summed E-state index contributed by atoms with van der Waals surface area (Å²) < 4.78 is 16.0. The highest BCUT2D eigenvalue weighted by atomic mass is 16.7. The molecule has 328 valence electrons. The SMILES string of the molecule is CCCCCCCCCCCCCCCCCCCCCCCCCCCCCCCCCCCCC(=O)OCC(O)COC(OCC[N+](C)(C)C)C(=O)[O-]. The molecule has 0 fully saturated rings. The van der Waals surface area contributed by atoms with Crippen molar-refractivity contribution in [1.29, 1.82) is 0 Å². The van der Waals surface area contributed by atoms with Gasteiger partial charge in [-0.3, -0.25) is 4.79 Å². The van der Waals surface area contributed by atoms with Gasteiger partial charge in [-0.2, -0.15) is 0 Å². The number of hydrogen-bond acceptors (Lipinski definition) is 7. The van der Waals surface area contributed by atoms with Gasteiger partial charge >= 0.3 is 5.97 Å². The highest BCUT2D eigenvalue weighted by molar-refractivity contribution is 5.69. The van der Waals surface area contributed by atoms with Crippen LogP contribution in [0, 0.1) is 0 Å². The van der Waals surface area contributed by atoms with Gasteiger partial charge in [0.05, 0.1) is 40.3 Å². The van der Waals surface area contributed by atoms with Crippen molar-refractivity contribution in [1.82, 2.24) is 0 Å². The minimum atomic E-state index is -1.57. The Morgan fingerprint density at radius 1 is 0.491 bits per heavy atom. The van der Waals surface area contributed by atoms with E-state index in [4.69, 9.17) is 14.2 Å². The smallest absolute Gasteiger partial charge is 0.305 e. The van der Waals surface area contributed by atoms with E-state index in [0.717, 1.165) is 19.3 Å². The highest BCUT2D eigenvalue weighted by Gasteiger charge is 2.17. The first kappa shape index (κ1) is 53.8. The number of hydrogen-bond donors (Lipinski definition) is 1. The number of aliphatic hydroxyl groups is 1. The maximum atomic E-state index is 12.0. The number of carbonyl (C=O) groups is 2. The van der Waals surface area contributed by atoms with Gasteiger partial charge < -0.3 is 33.7 Å². The first-order valence-corrected chi connectivity index (χ1v) is 23.7. The predicted octanol–water partition coefficient (Wildman–Crippen LogP) is 11.4. The van der Waals surface area contributed by atoms with Crippen molar-refractivity contribution in [3.63, 3.8) is 0 Å². The largest absolute Gasteiger partial charge is 0.545 e. The maximum absolute atomic E-state index is 12.0. The quantitative estimate of drug-likeness (QED) is 0.0284. The zero-order valence-electron chi connectivity index (χ0n) is 37.1. The van der Waals surface area contributed by atoms with Crippen LogP contribution in [0.15, 0.2) is 0 Å². The Bertz CT molecular complexity index is 818. The number of ether oxygens (including phenoxy) is 3. The number of aliphatic carboxylic acids is 1. The van der Waals surface area contributed by atoms with Crippen LogP contribution in [-0.4, -0.2) is 81.4 Å². The summed E-state index contributed by atoms with van der Waals surface area (Å²) >= 11 is 0. The number of likely N-dealkylation sites (N-methyl/N-ethyl adjacent to an activating group) is 1. The third-order valence-electron chi connectivity index (χ3n) is 10.8. The topological polar surface area (TPSA) is 105 Å². The molecule has 0 aromatic carbocycles. The zero-order chi connectivity index (χ0) is 40.5. The van der Waals surface area contributed by atoms with Crippen molar-refractivity contribution in [3.05, 3.63) is 0 Å². The molecule has 0 amide bonds. The molecule has 8 nitrogen and oxygen atoms in total. The molecule has 0 aromatic rings. The van der Waals surface area contributed by atoms with Crippen molar-refractivity contribution >= 4 is 11.9 Å². The average molecular weight is 784 g/mol. The minimum absolute atomic E-state index is 0.174. The first-order chi connectivity index (χ1) is 26.7. The molecular weight excluding hydrogens is 691 g/mol.